The highest BCUT2D eigenvalue weighted by molar-refractivity contribution is 5.92. The van der Waals surface area contributed by atoms with Gasteiger partial charge in [0.15, 0.2) is 5.69 Å². The van der Waals surface area contributed by atoms with E-state index in [2.05, 4.69) is 10.1 Å². The summed E-state index contributed by atoms with van der Waals surface area (Å²) in [7, 11) is 2.80. The van der Waals surface area contributed by atoms with Gasteiger partial charge in [-0.3, -0.25) is 14.5 Å². The van der Waals surface area contributed by atoms with Crippen LogP contribution < -0.4 is 0 Å². The number of amides is 1. The van der Waals surface area contributed by atoms with Gasteiger partial charge in [-0.2, -0.15) is 18.3 Å². The first-order chi connectivity index (χ1) is 11.3. The zero-order valence-corrected chi connectivity index (χ0v) is 13.2. The van der Waals surface area contributed by atoms with Gasteiger partial charge in [0.2, 0.25) is 0 Å². The molecule has 0 atom stereocenters. The van der Waals surface area contributed by atoms with Gasteiger partial charge in [0.25, 0.3) is 5.91 Å². The van der Waals surface area contributed by atoms with E-state index in [1.165, 1.54) is 19.1 Å². The van der Waals surface area contributed by atoms with Crippen molar-refractivity contribution in [3.63, 3.8) is 0 Å². The molecular weight excluding hydrogens is 325 g/mol. The largest absolute Gasteiger partial charge is 0.435 e. The highest BCUT2D eigenvalue weighted by Gasteiger charge is 2.36. The fourth-order valence-electron chi connectivity index (χ4n) is 2.13. The summed E-state index contributed by atoms with van der Waals surface area (Å²) < 4.78 is 44.2. The topological polar surface area (TPSA) is 60.2 Å². The van der Waals surface area contributed by atoms with Crippen LogP contribution in [0.5, 0.6) is 0 Å². The van der Waals surface area contributed by atoms with Gasteiger partial charge in [-0.25, -0.2) is 0 Å². The van der Waals surface area contributed by atoms with Crippen molar-refractivity contribution in [2.45, 2.75) is 12.7 Å². The summed E-state index contributed by atoms with van der Waals surface area (Å²) >= 11 is 0. The number of nitrogens with zero attached hydrogens (tertiary/aromatic N) is 4. The van der Waals surface area contributed by atoms with E-state index in [4.69, 9.17) is 4.74 Å². The predicted molar refractivity (Wildman–Crippen MR) is 79.1 cm³/mol. The van der Waals surface area contributed by atoms with Gasteiger partial charge in [-0.15, -0.1) is 0 Å². The van der Waals surface area contributed by atoms with Crippen LogP contribution in [-0.4, -0.2) is 45.8 Å². The third kappa shape index (κ3) is 4.31. The lowest BCUT2D eigenvalue weighted by Gasteiger charge is -2.22. The summed E-state index contributed by atoms with van der Waals surface area (Å²) in [6, 6.07) is 4.23. The number of hydrogen-bond donors (Lipinski definition) is 0. The molecule has 0 saturated heterocycles. The van der Waals surface area contributed by atoms with Crippen LogP contribution >= 0.6 is 0 Å². The number of ether oxygens (including phenoxy) is 1. The molecular formula is C15H17F3N4O2. The van der Waals surface area contributed by atoms with E-state index in [-0.39, 0.29) is 25.4 Å². The molecule has 24 heavy (non-hydrogen) atoms. The molecule has 2 heterocycles. The summed E-state index contributed by atoms with van der Waals surface area (Å²) in [5, 5.41) is 3.38. The summed E-state index contributed by atoms with van der Waals surface area (Å²) in [5.41, 5.74) is -0.413. The smallest absolute Gasteiger partial charge is 0.383 e. The first-order valence-corrected chi connectivity index (χ1v) is 7.11. The van der Waals surface area contributed by atoms with Gasteiger partial charge >= 0.3 is 6.18 Å². The molecule has 2 aromatic heterocycles. The quantitative estimate of drug-likeness (QED) is 0.807. The van der Waals surface area contributed by atoms with Gasteiger partial charge in [-0.1, -0.05) is 0 Å². The average Bonchev–Trinajstić information content (AvgIpc) is 2.94. The number of rotatable bonds is 6. The minimum Gasteiger partial charge on any atom is -0.383 e. The van der Waals surface area contributed by atoms with Gasteiger partial charge in [-0.05, 0) is 17.7 Å². The molecule has 2 rings (SSSR count). The number of aryl methyl sites for hydroxylation is 1. The minimum absolute atomic E-state index is 0.132. The van der Waals surface area contributed by atoms with Crippen molar-refractivity contribution < 1.29 is 22.7 Å². The maximum atomic E-state index is 12.8. The van der Waals surface area contributed by atoms with Crippen LogP contribution in [0.4, 0.5) is 13.2 Å². The maximum Gasteiger partial charge on any atom is 0.435 e. The van der Waals surface area contributed by atoms with Gasteiger partial charge in [0.05, 0.1) is 6.61 Å². The van der Waals surface area contributed by atoms with E-state index in [1.54, 1.807) is 24.5 Å². The Kier molecular flexibility index (Phi) is 5.55. The molecule has 1 amide bonds. The normalized spacial score (nSPS) is 11.5. The lowest BCUT2D eigenvalue weighted by Crippen LogP contribution is -2.34. The van der Waals surface area contributed by atoms with E-state index in [1.807, 2.05) is 0 Å². The summed E-state index contributed by atoms with van der Waals surface area (Å²) in [4.78, 5) is 18.0. The molecule has 0 fully saturated rings. The predicted octanol–water partition coefficient (Wildman–Crippen LogP) is 2.12. The molecule has 0 aliphatic heterocycles. The average molecular weight is 342 g/mol. The second-order valence-electron chi connectivity index (χ2n) is 5.11. The van der Waals surface area contributed by atoms with Crippen LogP contribution in [0, 0.1) is 0 Å². The van der Waals surface area contributed by atoms with E-state index in [9.17, 15) is 18.0 Å². The second-order valence-corrected chi connectivity index (χ2v) is 5.11. The van der Waals surface area contributed by atoms with Crippen LogP contribution in [0.15, 0.2) is 30.6 Å². The third-order valence-electron chi connectivity index (χ3n) is 3.36. The molecule has 0 unspecified atom stereocenters. The molecule has 130 valence electrons. The second kappa shape index (κ2) is 7.43. The SMILES string of the molecule is COCCN(Cc1ccncc1)C(=O)c1cc(C(F)(F)F)nn1C. The molecule has 9 heteroatoms. The van der Waals surface area contributed by atoms with Crippen LogP contribution in [0.25, 0.3) is 0 Å². The molecule has 0 radical (unpaired) electrons. The van der Waals surface area contributed by atoms with E-state index in [0.29, 0.717) is 0 Å². The number of aromatic nitrogens is 3. The molecule has 0 spiro atoms. The highest BCUT2D eigenvalue weighted by Crippen LogP contribution is 2.28. The van der Waals surface area contributed by atoms with Gasteiger partial charge in [0, 0.05) is 45.7 Å². The van der Waals surface area contributed by atoms with Crippen molar-refractivity contribution in [3.05, 3.63) is 47.5 Å². The zero-order valence-electron chi connectivity index (χ0n) is 13.2. The molecule has 6 nitrogen and oxygen atoms in total. The molecule has 2 aromatic rings. The summed E-state index contributed by atoms with van der Waals surface area (Å²) in [5.74, 6) is -0.547. The Hall–Kier alpha value is -2.42. The molecule has 0 saturated carbocycles. The van der Waals surface area contributed by atoms with Crippen LogP contribution in [-0.2, 0) is 24.5 Å². The van der Waals surface area contributed by atoms with Crippen molar-refractivity contribution in [2.75, 3.05) is 20.3 Å². The first-order valence-electron chi connectivity index (χ1n) is 7.11. The van der Waals surface area contributed by atoms with E-state index in [0.717, 1.165) is 16.3 Å². The number of carbonyl (C=O) groups excluding carboxylic acids is 1. The summed E-state index contributed by atoms with van der Waals surface area (Å²) in [6.07, 6.45) is -1.43. The fraction of sp³-hybridized carbons (Fsp3) is 0.400. The van der Waals surface area contributed by atoms with Crippen molar-refractivity contribution in [1.82, 2.24) is 19.7 Å². The Morgan fingerprint density at radius 1 is 1.33 bits per heavy atom. The third-order valence-corrected chi connectivity index (χ3v) is 3.36. The first kappa shape index (κ1) is 17.9. The lowest BCUT2D eigenvalue weighted by molar-refractivity contribution is -0.141. The Morgan fingerprint density at radius 2 is 2.00 bits per heavy atom. The van der Waals surface area contributed by atoms with Crippen LogP contribution in [0.1, 0.15) is 21.7 Å². The van der Waals surface area contributed by atoms with E-state index < -0.39 is 17.8 Å². The number of carbonyl (C=O) groups is 1. The number of methoxy groups -OCH3 is 1. The number of pyridine rings is 1. The standard InChI is InChI=1S/C15H17F3N4O2/c1-21-12(9-13(20-21)15(16,17)18)14(23)22(7-8-24-2)10-11-3-5-19-6-4-11/h3-6,9H,7-8,10H2,1-2H3. The molecule has 0 aliphatic rings. The minimum atomic E-state index is -4.60. The maximum absolute atomic E-state index is 12.8. The zero-order chi connectivity index (χ0) is 17.7. The van der Waals surface area contributed by atoms with Crippen LogP contribution in [0.2, 0.25) is 0 Å². The van der Waals surface area contributed by atoms with Gasteiger partial charge < -0.3 is 9.64 Å². The number of hydrogen-bond acceptors (Lipinski definition) is 4. The monoisotopic (exact) mass is 342 g/mol. The van der Waals surface area contributed by atoms with Crippen molar-refractivity contribution >= 4 is 5.91 Å². The lowest BCUT2D eigenvalue weighted by atomic mass is 10.2. The number of halogens is 3. The molecule has 0 N–H and O–H groups in total. The fourth-order valence-corrected chi connectivity index (χ4v) is 2.13. The Balaban J connectivity index is 2.25. The van der Waals surface area contributed by atoms with E-state index >= 15 is 0 Å². The molecule has 0 bridgehead atoms. The van der Waals surface area contributed by atoms with Crippen LogP contribution in [0.3, 0.4) is 0 Å². The molecule has 0 aliphatic carbocycles. The summed E-state index contributed by atoms with van der Waals surface area (Å²) in [6.45, 7) is 0.738. The Bertz CT molecular complexity index is 686. The van der Waals surface area contributed by atoms with Gasteiger partial charge in [0.1, 0.15) is 5.69 Å². The van der Waals surface area contributed by atoms with Crippen molar-refractivity contribution in [1.29, 1.82) is 0 Å². The van der Waals surface area contributed by atoms with Crippen molar-refractivity contribution in [2.24, 2.45) is 7.05 Å². The molecule has 0 aromatic carbocycles. The number of alkyl halides is 3. The highest BCUT2D eigenvalue weighted by atomic mass is 19.4. The Morgan fingerprint density at radius 3 is 2.54 bits per heavy atom. The van der Waals surface area contributed by atoms with Crippen molar-refractivity contribution in [3.8, 4) is 0 Å². The Labute approximate surface area is 136 Å².